The van der Waals surface area contributed by atoms with E-state index in [9.17, 15) is 0 Å². The van der Waals surface area contributed by atoms with Crippen molar-refractivity contribution >= 4 is 12.2 Å². The third kappa shape index (κ3) is 1.95. The second kappa shape index (κ2) is 4.07. The predicted octanol–water partition coefficient (Wildman–Crippen LogP) is 3.28. The van der Waals surface area contributed by atoms with Crippen LogP contribution in [0.5, 0.6) is 0 Å². The number of H-pyrrole nitrogens is 1. The van der Waals surface area contributed by atoms with E-state index in [1.165, 1.54) is 0 Å². The third-order valence-electron chi connectivity index (χ3n) is 2.10. The Hall–Kier alpha value is -1.92. The van der Waals surface area contributed by atoms with E-state index in [0.717, 1.165) is 11.3 Å². The Balaban J connectivity index is 2.68. The number of aromatic nitrogens is 1. The average Bonchev–Trinajstić information content (AvgIpc) is 2.30. The Bertz CT molecular complexity index is 564. The Morgan fingerprint density at radius 1 is 1.07 bits per heavy atom. The van der Waals surface area contributed by atoms with Crippen LogP contribution in [0.15, 0.2) is 42.5 Å². The molecule has 0 aliphatic rings. The lowest BCUT2D eigenvalue weighted by molar-refractivity contribution is 1.28. The first-order valence-electron chi connectivity index (χ1n) is 4.50. The Kier molecular flexibility index (Phi) is 2.61. The van der Waals surface area contributed by atoms with Gasteiger partial charge >= 0.3 is 0 Å². The molecule has 0 spiro atoms. The van der Waals surface area contributed by atoms with Crippen molar-refractivity contribution in [3.8, 4) is 17.3 Å². The SMILES string of the molecule is N#Cc1ccc(=S)[nH]c1-c1ccccc1. The van der Waals surface area contributed by atoms with Crippen molar-refractivity contribution in [3.63, 3.8) is 0 Å². The Labute approximate surface area is 92.8 Å². The van der Waals surface area contributed by atoms with Crippen molar-refractivity contribution in [2.24, 2.45) is 0 Å². The van der Waals surface area contributed by atoms with Gasteiger partial charge in [0.05, 0.1) is 11.3 Å². The van der Waals surface area contributed by atoms with Crippen LogP contribution in [0.1, 0.15) is 5.56 Å². The summed E-state index contributed by atoms with van der Waals surface area (Å²) < 4.78 is 0.632. The van der Waals surface area contributed by atoms with Gasteiger partial charge in [-0.2, -0.15) is 5.26 Å². The fourth-order valence-corrected chi connectivity index (χ4v) is 1.57. The molecule has 0 amide bonds. The minimum Gasteiger partial charge on any atom is -0.345 e. The first-order valence-corrected chi connectivity index (χ1v) is 4.91. The van der Waals surface area contributed by atoms with Crippen molar-refractivity contribution in [1.82, 2.24) is 4.98 Å². The number of pyridine rings is 1. The Morgan fingerprint density at radius 3 is 2.47 bits per heavy atom. The van der Waals surface area contributed by atoms with Gasteiger partial charge < -0.3 is 4.98 Å². The van der Waals surface area contributed by atoms with Crippen LogP contribution in [-0.2, 0) is 0 Å². The predicted molar refractivity (Wildman–Crippen MR) is 61.8 cm³/mol. The van der Waals surface area contributed by atoms with E-state index in [-0.39, 0.29) is 0 Å². The summed E-state index contributed by atoms with van der Waals surface area (Å²) in [6, 6.07) is 15.3. The van der Waals surface area contributed by atoms with Crippen LogP contribution < -0.4 is 0 Å². The van der Waals surface area contributed by atoms with E-state index in [1.807, 2.05) is 30.3 Å². The molecule has 1 aromatic heterocycles. The highest BCUT2D eigenvalue weighted by atomic mass is 32.1. The van der Waals surface area contributed by atoms with Crippen LogP contribution in [0.25, 0.3) is 11.3 Å². The van der Waals surface area contributed by atoms with Crippen LogP contribution in [0, 0.1) is 16.0 Å². The smallest absolute Gasteiger partial charge is 0.103 e. The zero-order valence-electron chi connectivity index (χ0n) is 7.90. The van der Waals surface area contributed by atoms with E-state index in [0.29, 0.717) is 10.2 Å². The normalized spacial score (nSPS) is 9.53. The standard InChI is InChI=1S/C12H8N2S/c13-8-10-6-7-11(15)14-12(10)9-4-2-1-3-5-9/h1-7H,(H,14,15). The molecule has 1 N–H and O–H groups in total. The number of nitriles is 1. The highest BCUT2D eigenvalue weighted by molar-refractivity contribution is 7.71. The summed E-state index contributed by atoms with van der Waals surface area (Å²) in [6.45, 7) is 0. The average molecular weight is 212 g/mol. The quantitative estimate of drug-likeness (QED) is 0.737. The second-order valence-corrected chi connectivity index (χ2v) is 3.53. The van der Waals surface area contributed by atoms with Crippen molar-refractivity contribution in [2.45, 2.75) is 0 Å². The van der Waals surface area contributed by atoms with Crippen molar-refractivity contribution in [3.05, 3.63) is 52.7 Å². The van der Waals surface area contributed by atoms with Crippen molar-refractivity contribution in [1.29, 1.82) is 5.26 Å². The third-order valence-corrected chi connectivity index (χ3v) is 2.34. The lowest BCUT2D eigenvalue weighted by Crippen LogP contribution is -1.88. The summed E-state index contributed by atoms with van der Waals surface area (Å²) in [5.41, 5.74) is 2.36. The van der Waals surface area contributed by atoms with Gasteiger partial charge in [-0.15, -0.1) is 0 Å². The molecule has 1 heterocycles. The van der Waals surface area contributed by atoms with Gasteiger partial charge in [0, 0.05) is 0 Å². The minimum absolute atomic E-state index is 0.606. The second-order valence-electron chi connectivity index (χ2n) is 3.09. The van der Waals surface area contributed by atoms with Crippen LogP contribution in [0.3, 0.4) is 0 Å². The molecule has 0 saturated heterocycles. The molecule has 1 aromatic carbocycles. The molecule has 15 heavy (non-hydrogen) atoms. The number of benzene rings is 1. The molecular formula is C12H8N2S. The summed E-state index contributed by atoms with van der Waals surface area (Å²) >= 11 is 5.04. The molecule has 72 valence electrons. The number of hydrogen-bond acceptors (Lipinski definition) is 2. The molecule has 3 heteroatoms. The molecule has 0 radical (unpaired) electrons. The summed E-state index contributed by atoms with van der Waals surface area (Å²) in [5, 5.41) is 8.97. The molecule has 2 nitrogen and oxygen atoms in total. The monoisotopic (exact) mass is 212 g/mol. The van der Waals surface area contributed by atoms with Gasteiger partial charge in [0.2, 0.25) is 0 Å². The number of nitrogens with one attached hydrogen (secondary N) is 1. The first-order chi connectivity index (χ1) is 7.31. The highest BCUT2D eigenvalue weighted by Gasteiger charge is 2.03. The summed E-state index contributed by atoms with van der Waals surface area (Å²) in [6.07, 6.45) is 0. The molecule has 0 aliphatic carbocycles. The number of nitrogens with zero attached hydrogens (tertiary/aromatic N) is 1. The zero-order chi connectivity index (χ0) is 10.7. The van der Waals surface area contributed by atoms with Gasteiger partial charge in [-0.05, 0) is 17.7 Å². The van der Waals surface area contributed by atoms with Crippen LogP contribution >= 0.6 is 12.2 Å². The van der Waals surface area contributed by atoms with E-state index in [1.54, 1.807) is 12.1 Å². The lowest BCUT2D eigenvalue weighted by Gasteiger charge is -2.03. The summed E-state index contributed by atoms with van der Waals surface area (Å²) in [5.74, 6) is 0. The van der Waals surface area contributed by atoms with Gasteiger partial charge in [0.25, 0.3) is 0 Å². The van der Waals surface area contributed by atoms with E-state index >= 15 is 0 Å². The topological polar surface area (TPSA) is 39.6 Å². The lowest BCUT2D eigenvalue weighted by atomic mass is 10.1. The fraction of sp³-hybridized carbons (Fsp3) is 0. The van der Waals surface area contributed by atoms with Crippen LogP contribution in [0.2, 0.25) is 0 Å². The minimum atomic E-state index is 0.606. The maximum absolute atomic E-state index is 8.97. The molecule has 0 bridgehead atoms. The van der Waals surface area contributed by atoms with Gasteiger partial charge in [0.15, 0.2) is 0 Å². The largest absolute Gasteiger partial charge is 0.345 e. The number of rotatable bonds is 1. The van der Waals surface area contributed by atoms with E-state index in [4.69, 9.17) is 17.5 Å². The molecule has 0 atom stereocenters. The molecule has 2 aromatic rings. The van der Waals surface area contributed by atoms with Gasteiger partial charge in [-0.25, -0.2) is 0 Å². The molecular weight excluding hydrogens is 204 g/mol. The van der Waals surface area contributed by atoms with E-state index in [2.05, 4.69) is 11.1 Å². The first kappa shape index (κ1) is 9.63. The fourth-order valence-electron chi connectivity index (χ4n) is 1.40. The highest BCUT2D eigenvalue weighted by Crippen LogP contribution is 2.20. The maximum atomic E-state index is 8.97. The number of hydrogen-bond donors (Lipinski definition) is 1. The summed E-state index contributed by atoms with van der Waals surface area (Å²) in [7, 11) is 0. The maximum Gasteiger partial charge on any atom is 0.103 e. The van der Waals surface area contributed by atoms with Gasteiger partial charge in [0.1, 0.15) is 10.7 Å². The van der Waals surface area contributed by atoms with Gasteiger partial charge in [-0.1, -0.05) is 42.5 Å². The molecule has 0 fully saturated rings. The van der Waals surface area contributed by atoms with Crippen LogP contribution in [-0.4, -0.2) is 4.98 Å². The molecule has 0 saturated carbocycles. The van der Waals surface area contributed by atoms with Crippen molar-refractivity contribution in [2.75, 3.05) is 0 Å². The number of aromatic amines is 1. The zero-order valence-corrected chi connectivity index (χ0v) is 8.71. The summed E-state index contributed by atoms with van der Waals surface area (Å²) in [4.78, 5) is 3.04. The van der Waals surface area contributed by atoms with Crippen molar-refractivity contribution < 1.29 is 0 Å². The molecule has 2 rings (SSSR count). The molecule has 0 unspecified atom stereocenters. The Morgan fingerprint density at radius 2 is 1.80 bits per heavy atom. The van der Waals surface area contributed by atoms with E-state index < -0.39 is 0 Å². The van der Waals surface area contributed by atoms with Gasteiger partial charge in [-0.3, -0.25) is 0 Å². The molecule has 0 aliphatic heterocycles. The van der Waals surface area contributed by atoms with Crippen LogP contribution in [0.4, 0.5) is 0 Å².